The Morgan fingerprint density at radius 1 is 1.46 bits per heavy atom. The van der Waals surface area contributed by atoms with Gasteiger partial charge in [0.15, 0.2) is 0 Å². The van der Waals surface area contributed by atoms with Crippen molar-refractivity contribution < 1.29 is 9.53 Å². The Labute approximate surface area is 76.7 Å². The van der Waals surface area contributed by atoms with Gasteiger partial charge in [-0.05, 0) is 12.1 Å². The zero-order chi connectivity index (χ0) is 9.52. The molecule has 13 heavy (non-hydrogen) atoms. The Balaban J connectivity index is 2.42. The molecule has 0 aliphatic rings. The van der Waals surface area contributed by atoms with E-state index in [0.717, 1.165) is 0 Å². The third-order valence-corrected chi connectivity index (χ3v) is 1.29. The van der Waals surface area contributed by atoms with Crippen molar-refractivity contribution in [2.24, 2.45) is 0 Å². The Morgan fingerprint density at radius 3 is 2.77 bits per heavy atom. The van der Waals surface area contributed by atoms with E-state index in [9.17, 15) is 4.79 Å². The summed E-state index contributed by atoms with van der Waals surface area (Å²) in [6.45, 7) is 0.172. The number of hydrogen-bond acceptors (Lipinski definition) is 2. The fraction of sp³-hybridized carbons (Fsp3) is 0.100. The van der Waals surface area contributed by atoms with Gasteiger partial charge in [0.2, 0.25) is 0 Å². The quantitative estimate of drug-likeness (QED) is 0.690. The van der Waals surface area contributed by atoms with Crippen molar-refractivity contribution in [1.82, 2.24) is 5.32 Å². The first-order chi connectivity index (χ1) is 6.33. The Bertz CT molecular complexity index is 313. The van der Waals surface area contributed by atoms with Gasteiger partial charge >= 0.3 is 6.09 Å². The van der Waals surface area contributed by atoms with Crippen LogP contribution < -0.4 is 10.1 Å². The second-order valence-corrected chi connectivity index (χ2v) is 2.26. The summed E-state index contributed by atoms with van der Waals surface area (Å²) in [5.74, 6) is 2.77. The first-order valence-electron chi connectivity index (χ1n) is 3.77. The minimum atomic E-state index is -0.538. The molecule has 66 valence electrons. The van der Waals surface area contributed by atoms with E-state index in [4.69, 9.17) is 11.2 Å². The SMILES string of the molecule is C#CCNC(=O)Oc1ccccc1. The van der Waals surface area contributed by atoms with Crippen molar-refractivity contribution in [2.45, 2.75) is 0 Å². The Hall–Kier alpha value is -1.95. The molecule has 3 nitrogen and oxygen atoms in total. The molecule has 0 unspecified atom stereocenters. The highest BCUT2D eigenvalue weighted by molar-refractivity contribution is 5.70. The smallest absolute Gasteiger partial charge is 0.410 e. The van der Waals surface area contributed by atoms with Crippen molar-refractivity contribution >= 4 is 6.09 Å². The van der Waals surface area contributed by atoms with E-state index in [0.29, 0.717) is 5.75 Å². The molecule has 1 aromatic rings. The zero-order valence-electron chi connectivity index (χ0n) is 6.99. The molecule has 0 fully saturated rings. The minimum absolute atomic E-state index is 0.172. The van der Waals surface area contributed by atoms with Gasteiger partial charge in [-0.2, -0.15) is 0 Å². The van der Waals surface area contributed by atoms with Gasteiger partial charge in [-0.25, -0.2) is 4.79 Å². The highest BCUT2D eigenvalue weighted by Gasteiger charge is 2.00. The van der Waals surface area contributed by atoms with Gasteiger partial charge < -0.3 is 10.1 Å². The monoisotopic (exact) mass is 175 g/mol. The van der Waals surface area contributed by atoms with Crippen LogP contribution in [0.15, 0.2) is 30.3 Å². The molecule has 0 bridgehead atoms. The summed E-state index contributed by atoms with van der Waals surface area (Å²) in [6, 6.07) is 8.78. The molecule has 0 spiro atoms. The fourth-order valence-corrected chi connectivity index (χ4v) is 0.755. The summed E-state index contributed by atoms with van der Waals surface area (Å²) in [5.41, 5.74) is 0. The first-order valence-corrected chi connectivity index (χ1v) is 3.77. The minimum Gasteiger partial charge on any atom is -0.410 e. The molecule has 0 saturated carbocycles. The maximum Gasteiger partial charge on any atom is 0.413 e. The highest BCUT2D eigenvalue weighted by atomic mass is 16.5. The van der Waals surface area contributed by atoms with Gasteiger partial charge in [0.25, 0.3) is 0 Å². The molecule has 1 N–H and O–H groups in total. The molecule has 0 aromatic heterocycles. The Morgan fingerprint density at radius 2 is 2.15 bits per heavy atom. The lowest BCUT2D eigenvalue weighted by Gasteiger charge is -2.02. The van der Waals surface area contributed by atoms with Crippen molar-refractivity contribution in [1.29, 1.82) is 0 Å². The third-order valence-electron chi connectivity index (χ3n) is 1.29. The first kappa shape index (κ1) is 9.14. The molecule has 0 aliphatic heterocycles. The largest absolute Gasteiger partial charge is 0.413 e. The van der Waals surface area contributed by atoms with Gasteiger partial charge in [0, 0.05) is 0 Å². The van der Waals surface area contributed by atoms with Crippen molar-refractivity contribution in [3.8, 4) is 18.1 Å². The van der Waals surface area contributed by atoms with Gasteiger partial charge in [-0.3, -0.25) is 0 Å². The van der Waals surface area contributed by atoms with Crippen LogP contribution in [0.3, 0.4) is 0 Å². The average molecular weight is 175 g/mol. The van der Waals surface area contributed by atoms with Crippen LogP contribution in [-0.4, -0.2) is 12.6 Å². The Kier molecular flexibility index (Phi) is 3.40. The lowest BCUT2D eigenvalue weighted by atomic mass is 10.3. The van der Waals surface area contributed by atoms with Gasteiger partial charge in [-0.15, -0.1) is 6.42 Å². The van der Waals surface area contributed by atoms with Gasteiger partial charge in [0.05, 0.1) is 6.54 Å². The van der Waals surface area contributed by atoms with E-state index in [1.54, 1.807) is 24.3 Å². The molecular weight excluding hydrogens is 166 g/mol. The van der Waals surface area contributed by atoms with E-state index < -0.39 is 6.09 Å². The second-order valence-electron chi connectivity index (χ2n) is 2.26. The summed E-state index contributed by atoms with van der Waals surface area (Å²) in [7, 11) is 0. The molecule has 0 atom stereocenters. The molecule has 0 saturated heterocycles. The van der Waals surface area contributed by atoms with Crippen molar-refractivity contribution in [3.63, 3.8) is 0 Å². The van der Waals surface area contributed by atoms with E-state index in [1.807, 2.05) is 6.07 Å². The molecule has 0 aliphatic carbocycles. The lowest BCUT2D eigenvalue weighted by Crippen LogP contribution is -2.26. The van der Waals surface area contributed by atoms with E-state index in [-0.39, 0.29) is 6.54 Å². The predicted molar refractivity (Wildman–Crippen MR) is 49.3 cm³/mol. The lowest BCUT2D eigenvalue weighted by molar-refractivity contribution is 0.202. The van der Waals surface area contributed by atoms with Crippen LogP contribution in [0.4, 0.5) is 4.79 Å². The van der Waals surface area contributed by atoms with Crippen LogP contribution in [0.1, 0.15) is 0 Å². The molecule has 3 heteroatoms. The van der Waals surface area contributed by atoms with Crippen LogP contribution in [0.2, 0.25) is 0 Å². The number of benzene rings is 1. The maximum absolute atomic E-state index is 10.9. The van der Waals surface area contributed by atoms with Gasteiger partial charge in [0.1, 0.15) is 5.75 Å². The standard InChI is InChI=1S/C10H9NO2/c1-2-8-11-10(12)13-9-6-4-3-5-7-9/h1,3-7H,8H2,(H,11,12). The van der Waals surface area contributed by atoms with Crippen LogP contribution in [-0.2, 0) is 0 Å². The topological polar surface area (TPSA) is 38.3 Å². The van der Waals surface area contributed by atoms with Crippen LogP contribution in [0.25, 0.3) is 0 Å². The predicted octanol–water partition coefficient (Wildman–Crippen LogP) is 1.41. The number of carbonyl (C=O) groups excluding carboxylic acids is 1. The number of carbonyl (C=O) groups is 1. The fourth-order valence-electron chi connectivity index (χ4n) is 0.755. The molecule has 0 heterocycles. The van der Waals surface area contributed by atoms with E-state index in [1.165, 1.54) is 0 Å². The third kappa shape index (κ3) is 3.30. The number of terminal acetylenes is 1. The van der Waals surface area contributed by atoms with Crippen LogP contribution >= 0.6 is 0 Å². The molecule has 1 amide bonds. The maximum atomic E-state index is 10.9. The van der Waals surface area contributed by atoms with Crippen molar-refractivity contribution in [3.05, 3.63) is 30.3 Å². The number of hydrogen-bond donors (Lipinski definition) is 1. The summed E-state index contributed by atoms with van der Waals surface area (Å²) in [5, 5.41) is 2.38. The number of nitrogens with one attached hydrogen (secondary N) is 1. The summed E-state index contributed by atoms with van der Waals surface area (Å²) in [4.78, 5) is 10.9. The normalized spacial score (nSPS) is 8.54. The number of rotatable bonds is 2. The summed E-state index contributed by atoms with van der Waals surface area (Å²) < 4.78 is 4.87. The number of amides is 1. The van der Waals surface area contributed by atoms with Crippen LogP contribution in [0, 0.1) is 12.3 Å². The molecule has 1 rings (SSSR count). The highest BCUT2D eigenvalue weighted by Crippen LogP contribution is 2.07. The second kappa shape index (κ2) is 4.83. The molecule has 1 aromatic carbocycles. The summed E-state index contributed by atoms with van der Waals surface area (Å²) >= 11 is 0. The summed E-state index contributed by atoms with van der Waals surface area (Å²) in [6.07, 6.45) is 4.41. The molecule has 0 radical (unpaired) electrons. The number of para-hydroxylation sites is 1. The zero-order valence-corrected chi connectivity index (χ0v) is 6.99. The number of ether oxygens (including phenoxy) is 1. The average Bonchev–Trinajstić information content (AvgIpc) is 2.16. The molecular formula is C10H9NO2. The van der Waals surface area contributed by atoms with Crippen molar-refractivity contribution in [2.75, 3.05) is 6.54 Å². The van der Waals surface area contributed by atoms with E-state index >= 15 is 0 Å². The van der Waals surface area contributed by atoms with Gasteiger partial charge in [-0.1, -0.05) is 24.1 Å². The van der Waals surface area contributed by atoms with E-state index in [2.05, 4.69) is 11.2 Å². The van der Waals surface area contributed by atoms with Crippen LogP contribution in [0.5, 0.6) is 5.75 Å².